The second-order valence-corrected chi connectivity index (χ2v) is 9.01. The van der Waals surface area contributed by atoms with Crippen molar-refractivity contribution in [3.8, 4) is 0 Å². The summed E-state index contributed by atoms with van der Waals surface area (Å²) in [5.41, 5.74) is -0.933. The molecule has 0 unspecified atom stereocenters. The van der Waals surface area contributed by atoms with E-state index in [1.807, 2.05) is 0 Å². The zero-order valence-electron chi connectivity index (χ0n) is 18.3. The van der Waals surface area contributed by atoms with Crippen molar-refractivity contribution in [1.29, 1.82) is 0 Å². The predicted molar refractivity (Wildman–Crippen MR) is 126 cm³/mol. The van der Waals surface area contributed by atoms with Crippen LogP contribution in [0.5, 0.6) is 0 Å². The molecule has 0 bridgehead atoms. The van der Waals surface area contributed by atoms with E-state index in [0.29, 0.717) is 16.6 Å². The Labute approximate surface area is 210 Å². The number of nitrogens with one attached hydrogen (secondary N) is 2. The summed E-state index contributed by atoms with van der Waals surface area (Å²) in [5.74, 6) is -0.471. The zero-order valence-corrected chi connectivity index (χ0v) is 19.9. The van der Waals surface area contributed by atoms with Crippen molar-refractivity contribution in [3.63, 3.8) is 0 Å². The van der Waals surface area contributed by atoms with Gasteiger partial charge in [-0.2, -0.15) is 13.2 Å². The Morgan fingerprint density at radius 1 is 1.14 bits per heavy atom. The number of Topliss-reactive ketones (excluding diaryl/α,β-unsaturated/α-hetero) is 1. The molecule has 0 saturated carbocycles. The van der Waals surface area contributed by atoms with E-state index in [4.69, 9.17) is 16.1 Å². The summed E-state index contributed by atoms with van der Waals surface area (Å²) in [6, 6.07) is 6.16. The molecule has 0 saturated heterocycles. The van der Waals surface area contributed by atoms with Crippen LogP contribution in [0.15, 0.2) is 53.6 Å². The van der Waals surface area contributed by atoms with E-state index in [1.165, 1.54) is 30.9 Å². The normalized spacial score (nSPS) is 12.2. The van der Waals surface area contributed by atoms with Crippen LogP contribution in [0.2, 0.25) is 5.02 Å². The number of nitrogens with zero attached hydrogens (tertiary/aromatic N) is 4. The topological polar surface area (TPSA) is 123 Å². The van der Waals surface area contributed by atoms with Gasteiger partial charge in [-0.15, -0.1) is 11.3 Å². The van der Waals surface area contributed by atoms with E-state index in [0.717, 1.165) is 23.5 Å². The number of hydrogen-bond donors (Lipinski definition) is 2. The lowest BCUT2D eigenvalue weighted by Gasteiger charge is -2.11. The molecule has 36 heavy (non-hydrogen) atoms. The lowest BCUT2D eigenvalue weighted by Crippen LogP contribution is -2.12. The summed E-state index contributed by atoms with van der Waals surface area (Å²) in [6.45, 7) is 1.77. The zero-order chi connectivity index (χ0) is 25.9. The Hall–Kier alpha value is -3.84. The molecule has 3 aromatic heterocycles. The number of hydrogen-bond acceptors (Lipinski definition) is 9. The average molecular weight is 537 g/mol. The second-order valence-electron chi connectivity index (χ2n) is 7.54. The Morgan fingerprint density at radius 3 is 2.67 bits per heavy atom. The predicted octanol–water partition coefficient (Wildman–Crippen LogP) is 5.97. The van der Waals surface area contributed by atoms with Crippen LogP contribution in [0, 0.1) is 0 Å². The van der Waals surface area contributed by atoms with Gasteiger partial charge in [0.15, 0.2) is 11.6 Å². The average Bonchev–Trinajstić information content (AvgIpc) is 3.52. The summed E-state index contributed by atoms with van der Waals surface area (Å²) in [5, 5.41) is 9.04. The number of thiazole rings is 1. The van der Waals surface area contributed by atoms with E-state index in [-0.39, 0.29) is 34.4 Å². The van der Waals surface area contributed by atoms with E-state index >= 15 is 0 Å². The van der Waals surface area contributed by atoms with Crippen molar-refractivity contribution >= 4 is 52.0 Å². The van der Waals surface area contributed by atoms with Gasteiger partial charge in [0, 0.05) is 30.2 Å². The third-order valence-corrected chi connectivity index (χ3v) is 6.39. The highest BCUT2D eigenvalue weighted by Gasteiger charge is 2.33. The van der Waals surface area contributed by atoms with Crippen molar-refractivity contribution in [1.82, 2.24) is 20.1 Å². The van der Waals surface area contributed by atoms with Crippen molar-refractivity contribution in [2.75, 3.05) is 10.6 Å². The van der Waals surface area contributed by atoms with Gasteiger partial charge in [-0.1, -0.05) is 23.7 Å². The van der Waals surface area contributed by atoms with E-state index in [9.17, 15) is 22.8 Å². The molecule has 4 rings (SSSR count). The van der Waals surface area contributed by atoms with Crippen LogP contribution in [0.25, 0.3) is 0 Å². The molecule has 0 radical (unpaired) electrons. The molecule has 0 aliphatic rings. The maximum absolute atomic E-state index is 13.1. The summed E-state index contributed by atoms with van der Waals surface area (Å²) in [6.07, 6.45) is -0.668. The Balaban J connectivity index is 1.40. The van der Waals surface area contributed by atoms with Crippen LogP contribution < -0.4 is 10.6 Å². The SMILES string of the molecule is C[C@@H](CC(=O)c1cc(Nc2ccon2)ncn1)c1ncc(C(=O)Nc2ccc(Cl)c(C(F)(F)F)c2)s1. The van der Waals surface area contributed by atoms with Gasteiger partial charge >= 0.3 is 6.18 Å². The third-order valence-electron chi connectivity index (χ3n) is 4.84. The molecule has 1 amide bonds. The molecule has 1 aromatic carbocycles. The summed E-state index contributed by atoms with van der Waals surface area (Å²) in [4.78, 5) is 37.7. The van der Waals surface area contributed by atoms with E-state index in [1.54, 1.807) is 13.0 Å². The fourth-order valence-corrected chi connectivity index (χ4v) is 4.18. The number of carbonyl (C=O) groups excluding carboxylic acids is 2. The molecule has 186 valence electrons. The van der Waals surface area contributed by atoms with E-state index in [2.05, 4.69) is 30.7 Å². The number of alkyl halides is 3. The highest BCUT2D eigenvalue weighted by molar-refractivity contribution is 7.13. The fourth-order valence-electron chi connectivity index (χ4n) is 3.09. The number of ketones is 1. The molecule has 4 aromatic rings. The quantitative estimate of drug-likeness (QED) is 0.264. The van der Waals surface area contributed by atoms with Crippen LogP contribution >= 0.6 is 22.9 Å². The number of amides is 1. The maximum Gasteiger partial charge on any atom is 0.417 e. The number of carbonyl (C=O) groups is 2. The molecule has 14 heteroatoms. The molecular formula is C22H16ClF3N6O3S. The van der Waals surface area contributed by atoms with Gasteiger partial charge in [0.2, 0.25) is 0 Å². The van der Waals surface area contributed by atoms with Gasteiger partial charge in [0.1, 0.15) is 29.0 Å². The standard InChI is InChI=1S/C22H16ClF3N6O3S/c1-11(6-16(33)15-8-19(29-10-28-15)31-18-4-5-35-32-18)21-27-9-17(36-21)20(34)30-12-2-3-14(23)13(7-12)22(24,25)26/h2-5,7-11H,6H2,1H3,(H,30,34)(H,28,29,31,32)/t11-/m0/s1. The first kappa shape index (κ1) is 25.3. The van der Waals surface area contributed by atoms with Crippen LogP contribution in [-0.2, 0) is 6.18 Å². The first-order valence-electron chi connectivity index (χ1n) is 10.3. The molecular weight excluding hydrogens is 521 g/mol. The molecule has 0 aliphatic carbocycles. The first-order chi connectivity index (χ1) is 17.1. The minimum Gasteiger partial charge on any atom is -0.363 e. The van der Waals surface area contributed by atoms with Crippen molar-refractivity contribution in [2.24, 2.45) is 0 Å². The highest BCUT2D eigenvalue weighted by Crippen LogP contribution is 2.36. The maximum atomic E-state index is 13.1. The lowest BCUT2D eigenvalue weighted by atomic mass is 10.0. The highest BCUT2D eigenvalue weighted by atomic mass is 35.5. The van der Waals surface area contributed by atoms with Crippen LogP contribution in [0.3, 0.4) is 0 Å². The first-order valence-corrected chi connectivity index (χ1v) is 11.5. The van der Waals surface area contributed by atoms with Gasteiger partial charge in [-0.25, -0.2) is 15.0 Å². The van der Waals surface area contributed by atoms with E-state index < -0.39 is 22.7 Å². The van der Waals surface area contributed by atoms with Gasteiger partial charge in [-0.3, -0.25) is 9.59 Å². The van der Waals surface area contributed by atoms with Crippen molar-refractivity contribution in [3.05, 3.63) is 75.3 Å². The number of rotatable bonds is 8. The Bertz CT molecular complexity index is 1390. The van der Waals surface area contributed by atoms with Crippen molar-refractivity contribution in [2.45, 2.75) is 25.4 Å². The number of anilines is 3. The monoisotopic (exact) mass is 536 g/mol. The minimum atomic E-state index is -4.66. The number of halogens is 4. The molecule has 2 N–H and O–H groups in total. The third kappa shape index (κ3) is 6.04. The van der Waals surface area contributed by atoms with Crippen molar-refractivity contribution < 1.29 is 27.3 Å². The summed E-state index contributed by atoms with van der Waals surface area (Å²) < 4.78 is 43.9. The smallest absolute Gasteiger partial charge is 0.363 e. The van der Waals surface area contributed by atoms with Gasteiger partial charge in [-0.05, 0) is 18.2 Å². The summed E-state index contributed by atoms with van der Waals surface area (Å²) in [7, 11) is 0. The largest absolute Gasteiger partial charge is 0.417 e. The molecule has 0 fully saturated rings. The molecule has 9 nitrogen and oxygen atoms in total. The van der Waals surface area contributed by atoms with Gasteiger partial charge in [0.25, 0.3) is 5.91 Å². The Morgan fingerprint density at radius 2 is 1.94 bits per heavy atom. The Kier molecular flexibility index (Phi) is 7.31. The summed E-state index contributed by atoms with van der Waals surface area (Å²) >= 11 is 6.65. The van der Waals surface area contributed by atoms with Crippen LogP contribution in [-0.4, -0.2) is 31.8 Å². The second kappa shape index (κ2) is 10.4. The lowest BCUT2D eigenvalue weighted by molar-refractivity contribution is -0.137. The van der Waals surface area contributed by atoms with Gasteiger partial charge in [0.05, 0.1) is 21.8 Å². The van der Waals surface area contributed by atoms with Crippen LogP contribution in [0.4, 0.5) is 30.5 Å². The number of benzene rings is 1. The van der Waals surface area contributed by atoms with Gasteiger partial charge < -0.3 is 15.2 Å². The minimum absolute atomic E-state index is 0.0567. The molecule has 3 heterocycles. The number of aromatic nitrogens is 4. The fraction of sp³-hybridized carbons (Fsp3) is 0.182. The van der Waals surface area contributed by atoms with Crippen LogP contribution in [0.1, 0.15) is 50.0 Å². The molecule has 0 spiro atoms. The molecule has 1 atom stereocenters. The molecule has 0 aliphatic heterocycles.